The fraction of sp³-hybridized carbons (Fsp3) is 1.00. The lowest BCUT2D eigenvalue weighted by Crippen LogP contribution is -2.25. The first-order chi connectivity index (χ1) is 7.35. The van der Waals surface area contributed by atoms with Gasteiger partial charge in [-0.3, -0.25) is 0 Å². The maximum Gasteiger partial charge on any atom is 0.321 e. The first kappa shape index (κ1) is 15.1. The molecule has 5 heteroatoms. The van der Waals surface area contributed by atoms with E-state index in [1.807, 2.05) is 13.8 Å². The average Bonchev–Trinajstić information content (AvgIpc) is 2.24. The van der Waals surface area contributed by atoms with Crippen LogP contribution in [0.4, 0.5) is 0 Å². The quantitative estimate of drug-likeness (QED) is 0.406. The highest BCUT2D eigenvalue weighted by Crippen LogP contribution is 2.00. The molecule has 0 heterocycles. The third-order valence-corrected chi connectivity index (χ3v) is 4.35. The van der Waals surface area contributed by atoms with Crippen molar-refractivity contribution in [2.75, 3.05) is 32.8 Å². The van der Waals surface area contributed by atoms with Crippen LogP contribution in [0.3, 0.4) is 0 Å². The Kier molecular flexibility index (Phi) is 12.2. The molecule has 3 N–H and O–H groups in total. The van der Waals surface area contributed by atoms with Gasteiger partial charge in [-0.05, 0) is 52.4 Å². The van der Waals surface area contributed by atoms with E-state index in [4.69, 9.17) is 14.6 Å². The summed E-state index contributed by atoms with van der Waals surface area (Å²) in [7, 11) is -1.36. The van der Waals surface area contributed by atoms with Gasteiger partial charge in [-0.25, -0.2) is 0 Å². The summed E-state index contributed by atoms with van der Waals surface area (Å²) in [5.41, 5.74) is 5.40. The summed E-state index contributed by atoms with van der Waals surface area (Å²) >= 11 is 0. The summed E-state index contributed by atoms with van der Waals surface area (Å²) < 4.78 is 11.2. The molecule has 0 amide bonds. The van der Waals surface area contributed by atoms with Crippen molar-refractivity contribution in [3.63, 3.8) is 0 Å². The molecule has 0 aromatic carbocycles. The van der Waals surface area contributed by atoms with Gasteiger partial charge in [0.1, 0.15) is 0 Å². The summed E-state index contributed by atoms with van der Waals surface area (Å²) in [6.45, 7) is 8.43. The predicted molar refractivity (Wildman–Crippen MR) is 66.4 cm³/mol. The summed E-state index contributed by atoms with van der Waals surface area (Å²) in [5, 5.41) is 3.36. The zero-order chi connectivity index (χ0) is 11.4. The van der Waals surface area contributed by atoms with Crippen LogP contribution in [0.5, 0.6) is 0 Å². The van der Waals surface area contributed by atoms with Gasteiger partial charge in [-0.15, -0.1) is 0 Å². The van der Waals surface area contributed by atoms with Crippen LogP contribution in [-0.2, 0) is 8.85 Å². The minimum Gasteiger partial charge on any atom is -0.397 e. The van der Waals surface area contributed by atoms with E-state index in [0.29, 0.717) is 0 Å². The van der Waals surface area contributed by atoms with Crippen LogP contribution in [0.2, 0.25) is 6.04 Å². The number of hydrogen-bond donors (Lipinski definition) is 2. The van der Waals surface area contributed by atoms with Crippen molar-refractivity contribution in [1.29, 1.82) is 0 Å². The van der Waals surface area contributed by atoms with E-state index in [9.17, 15) is 0 Å². The highest BCUT2D eigenvalue weighted by atomic mass is 28.3. The highest BCUT2D eigenvalue weighted by molar-refractivity contribution is 6.44. The first-order valence-electron chi connectivity index (χ1n) is 5.99. The van der Waals surface area contributed by atoms with E-state index < -0.39 is 9.28 Å². The second-order valence-corrected chi connectivity index (χ2v) is 5.48. The molecule has 4 nitrogen and oxygen atoms in total. The monoisotopic (exact) mass is 234 g/mol. The van der Waals surface area contributed by atoms with Crippen LogP contribution in [0.15, 0.2) is 0 Å². The third kappa shape index (κ3) is 10.3. The molecule has 0 spiro atoms. The van der Waals surface area contributed by atoms with E-state index in [-0.39, 0.29) is 0 Å². The van der Waals surface area contributed by atoms with Crippen molar-refractivity contribution in [2.45, 2.75) is 32.7 Å². The molecule has 15 heavy (non-hydrogen) atoms. The molecule has 0 saturated carbocycles. The Morgan fingerprint density at radius 3 is 2.20 bits per heavy atom. The third-order valence-electron chi connectivity index (χ3n) is 2.06. The Labute approximate surface area is 95.4 Å². The van der Waals surface area contributed by atoms with E-state index >= 15 is 0 Å². The molecule has 0 bridgehead atoms. The zero-order valence-corrected chi connectivity index (χ0v) is 11.3. The molecule has 0 rings (SSSR count). The summed E-state index contributed by atoms with van der Waals surface area (Å²) in [6.07, 6.45) is 2.19. The van der Waals surface area contributed by atoms with Crippen LogP contribution in [-0.4, -0.2) is 42.1 Å². The Bertz CT molecular complexity index is 122. The molecular weight excluding hydrogens is 208 g/mol. The lowest BCUT2D eigenvalue weighted by Gasteiger charge is -2.14. The molecular formula is C10H26N2O2Si. The fourth-order valence-corrected chi connectivity index (χ4v) is 3.04. The molecule has 92 valence electrons. The number of nitrogens with one attached hydrogen (secondary N) is 1. The Hall–Kier alpha value is 0.0569. The molecule has 0 fully saturated rings. The van der Waals surface area contributed by atoms with Gasteiger partial charge in [0.15, 0.2) is 0 Å². The Balaban J connectivity index is 3.28. The van der Waals surface area contributed by atoms with Gasteiger partial charge < -0.3 is 19.9 Å². The van der Waals surface area contributed by atoms with Crippen LogP contribution >= 0.6 is 0 Å². The smallest absolute Gasteiger partial charge is 0.321 e. The SMILES string of the molecule is CCO[SiH](CCCNCCCN)OCC. The van der Waals surface area contributed by atoms with Gasteiger partial charge in [0, 0.05) is 13.2 Å². The van der Waals surface area contributed by atoms with Crippen LogP contribution in [0.1, 0.15) is 26.7 Å². The van der Waals surface area contributed by atoms with Gasteiger partial charge in [-0.2, -0.15) is 0 Å². The summed E-state index contributed by atoms with van der Waals surface area (Å²) in [5.74, 6) is 0. The van der Waals surface area contributed by atoms with Crippen LogP contribution < -0.4 is 11.1 Å². The molecule has 0 aliphatic rings. The van der Waals surface area contributed by atoms with Crippen molar-refractivity contribution in [1.82, 2.24) is 5.32 Å². The molecule has 0 atom stereocenters. The highest BCUT2D eigenvalue weighted by Gasteiger charge is 2.10. The maximum atomic E-state index is 5.58. The number of rotatable bonds is 11. The topological polar surface area (TPSA) is 56.5 Å². The molecule has 0 aliphatic carbocycles. The van der Waals surface area contributed by atoms with E-state index in [2.05, 4.69) is 5.32 Å². The summed E-state index contributed by atoms with van der Waals surface area (Å²) in [4.78, 5) is 0. The normalized spacial score (nSPS) is 11.2. The van der Waals surface area contributed by atoms with E-state index in [0.717, 1.165) is 51.7 Å². The average molecular weight is 234 g/mol. The van der Waals surface area contributed by atoms with Gasteiger partial charge in [0.2, 0.25) is 0 Å². The zero-order valence-electron chi connectivity index (χ0n) is 10.1. The van der Waals surface area contributed by atoms with Gasteiger partial charge in [-0.1, -0.05) is 0 Å². The molecule has 0 radical (unpaired) electrons. The van der Waals surface area contributed by atoms with Gasteiger partial charge in [0.05, 0.1) is 0 Å². The van der Waals surface area contributed by atoms with E-state index in [1.54, 1.807) is 0 Å². The molecule has 0 unspecified atom stereocenters. The molecule has 0 aliphatic heterocycles. The van der Waals surface area contributed by atoms with Crippen molar-refractivity contribution in [2.24, 2.45) is 5.73 Å². The van der Waals surface area contributed by atoms with Gasteiger partial charge in [0.25, 0.3) is 0 Å². The number of nitrogens with two attached hydrogens (primary N) is 1. The minimum absolute atomic E-state index is 0.766. The van der Waals surface area contributed by atoms with Gasteiger partial charge >= 0.3 is 9.28 Å². The van der Waals surface area contributed by atoms with Crippen molar-refractivity contribution >= 4 is 9.28 Å². The first-order valence-corrected chi connectivity index (χ1v) is 7.75. The molecule has 0 saturated heterocycles. The largest absolute Gasteiger partial charge is 0.397 e. The second kappa shape index (κ2) is 12.1. The Morgan fingerprint density at radius 2 is 1.67 bits per heavy atom. The van der Waals surface area contributed by atoms with Crippen molar-refractivity contribution < 1.29 is 8.85 Å². The lowest BCUT2D eigenvalue weighted by molar-refractivity contribution is 0.213. The Morgan fingerprint density at radius 1 is 1.07 bits per heavy atom. The van der Waals surface area contributed by atoms with E-state index in [1.165, 1.54) is 0 Å². The van der Waals surface area contributed by atoms with Crippen molar-refractivity contribution in [3.8, 4) is 0 Å². The molecule has 0 aromatic heterocycles. The molecule has 0 aromatic rings. The van der Waals surface area contributed by atoms with Crippen molar-refractivity contribution in [3.05, 3.63) is 0 Å². The minimum atomic E-state index is -1.36. The van der Waals surface area contributed by atoms with Crippen LogP contribution in [0, 0.1) is 0 Å². The summed E-state index contributed by atoms with van der Waals surface area (Å²) in [6, 6.07) is 1.09. The second-order valence-electron chi connectivity index (χ2n) is 3.37. The van der Waals surface area contributed by atoms with Crippen LogP contribution in [0.25, 0.3) is 0 Å². The standard InChI is InChI=1S/C10H26N2O2Si/c1-3-13-15(14-4-2)10-6-9-12-8-5-7-11/h12,15H,3-11H2,1-2H3. The number of hydrogen-bond acceptors (Lipinski definition) is 4. The lowest BCUT2D eigenvalue weighted by atomic mass is 10.4. The predicted octanol–water partition coefficient (Wildman–Crippen LogP) is 0.608. The maximum absolute atomic E-state index is 5.58. The fourth-order valence-electron chi connectivity index (χ4n) is 1.33.